The summed E-state index contributed by atoms with van der Waals surface area (Å²) in [5.41, 5.74) is -0.838. The molecule has 3 aliphatic carbocycles. The van der Waals surface area contributed by atoms with Crippen molar-refractivity contribution in [1.82, 2.24) is 20.4 Å². The third-order valence-corrected chi connectivity index (χ3v) is 7.61. The van der Waals surface area contributed by atoms with Gasteiger partial charge in [-0.05, 0) is 57.1 Å². The minimum Gasteiger partial charge on any atom is -0.484 e. The van der Waals surface area contributed by atoms with E-state index < -0.39 is 29.1 Å². The van der Waals surface area contributed by atoms with E-state index in [0.29, 0.717) is 32.1 Å². The maximum Gasteiger partial charge on any atom is 0.586 e. The number of aryl methyl sites for hydroxylation is 2. The average molecular weight is 508 g/mol. The number of carbonyl (C=O) groups excluding carboxylic acids is 2. The highest BCUT2D eigenvalue weighted by atomic mass is 19.3. The lowest BCUT2D eigenvalue weighted by Gasteiger charge is -2.57. The van der Waals surface area contributed by atoms with Crippen molar-refractivity contribution in [1.29, 1.82) is 0 Å². The summed E-state index contributed by atoms with van der Waals surface area (Å²) < 4.78 is 56.3. The summed E-state index contributed by atoms with van der Waals surface area (Å²) in [6.45, 7) is 3.23. The van der Waals surface area contributed by atoms with Crippen molar-refractivity contribution in [2.45, 2.75) is 63.3 Å². The summed E-state index contributed by atoms with van der Waals surface area (Å²) in [5.74, 6) is -1.47. The number of nitrogens with zero attached hydrogens (tertiary/aromatic N) is 2. The molecule has 0 spiro atoms. The predicted molar refractivity (Wildman–Crippen MR) is 119 cm³/mol. The molecule has 0 saturated heterocycles. The average Bonchev–Trinajstić information content (AvgIpc) is 3.25. The molecule has 36 heavy (non-hydrogen) atoms. The molecule has 2 heterocycles. The van der Waals surface area contributed by atoms with Gasteiger partial charge in [-0.1, -0.05) is 6.92 Å². The third kappa shape index (κ3) is 4.22. The minimum absolute atomic E-state index is 0.0511. The Morgan fingerprint density at radius 2 is 1.86 bits per heavy atom. The molecule has 1 aromatic carbocycles. The molecule has 9 nitrogen and oxygen atoms in total. The van der Waals surface area contributed by atoms with E-state index in [1.165, 1.54) is 36.9 Å². The van der Waals surface area contributed by atoms with E-state index >= 15 is 0 Å². The fourth-order valence-corrected chi connectivity index (χ4v) is 5.74. The Kier molecular flexibility index (Phi) is 5.60. The zero-order chi connectivity index (χ0) is 25.9. The molecule has 4 aliphatic rings. The number of rotatable bonds is 6. The van der Waals surface area contributed by atoms with E-state index in [0.717, 1.165) is 0 Å². The van der Waals surface area contributed by atoms with Crippen molar-refractivity contribution in [2.24, 2.45) is 13.0 Å². The van der Waals surface area contributed by atoms with Crippen LogP contribution in [0.4, 0.5) is 13.2 Å². The molecule has 2 bridgehead atoms. The van der Waals surface area contributed by atoms with Crippen LogP contribution in [0, 0.1) is 18.7 Å². The Bertz CT molecular complexity index is 1220. The zero-order valence-electron chi connectivity index (χ0n) is 20.1. The first kappa shape index (κ1) is 24.3. The first-order valence-corrected chi connectivity index (χ1v) is 11.8. The van der Waals surface area contributed by atoms with Crippen molar-refractivity contribution in [3.8, 4) is 17.2 Å². The monoisotopic (exact) mass is 508 g/mol. The maximum absolute atomic E-state index is 14.4. The highest BCUT2D eigenvalue weighted by Gasteiger charge is 2.54. The number of alkyl halides is 2. The largest absolute Gasteiger partial charge is 0.586 e. The smallest absolute Gasteiger partial charge is 0.484 e. The number of halogens is 3. The van der Waals surface area contributed by atoms with Crippen LogP contribution in [-0.4, -0.2) is 45.6 Å². The minimum atomic E-state index is -3.73. The van der Waals surface area contributed by atoms with E-state index in [4.69, 9.17) is 4.74 Å². The van der Waals surface area contributed by atoms with Gasteiger partial charge in [0.1, 0.15) is 5.75 Å². The van der Waals surface area contributed by atoms with Crippen molar-refractivity contribution in [3.05, 3.63) is 35.4 Å². The second kappa shape index (κ2) is 8.31. The van der Waals surface area contributed by atoms with Gasteiger partial charge in [-0.15, -0.1) is 8.78 Å². The molecule has 1 aliphatic heterocycles. The van der Waals surface area contributed by atoms with Crippen molar-refractivity contribution >= 4 is 11.8 Å². The number of carbonyl (C=O) groups is 2. The molecule has 1 atom stereocenters. The Morgan fingerprint density at radius 1 is 1.17 bits per heavy atom. The molecule has 1 aromatic heterocycles. The number of ether oxygens (including phenoxy) is 3. The maximum atomic E-state index is 14.4. The zero-order valence-corrected chi connectivity index (χ0v) is 20.1. The summed E-state index contributed by atoms with van der Waals surface area (Å²) in [4.78, 5) is 25.6. The molecule has 6 rings (SSSR count). The molecule has 0 radical (unpaired) electrons. The van der Waals surface area contributed by atoms with Crippen molar-refractivity contribution < 1.29 is 37.0 Å². The van der Waals surface area contributed by atoms with Crippen molar-refractivity contribution in [3.63, 3.8) is 0 Å². The second-order valence-corrected chi connectivity index (χ2v) is 9.98. The number of hydrogen-bond acceptors (Lipinski definition) is 6. The second-order valence-electron chi connectivity index (χ2n) is 9.98. The van der Waals surface area contributed by atoms with Crippen LogP contribution < -0.4 is 24.8 Å². The molecule has 12 heteroatoms. The third-order valence-electron chi connectivity index (χ3n) is 7.61. The summed E-state index contributed by atoms with van der Waals surface area (Å²) in [5, 5.41) is 10.1. The Hall–Kier alpha value is -3.44. The van der Waals surface area contributed by atoms with Gasteiger partial charge in [-0.2, -0.15) is 5.10 Å². The molecule has 3 fully saturated rings. The number of hydrogen-bond donors (Lipinski definition) is 2. The number of amides is 2. The SMILES string of the molecule is Cc1nn(C)c(C(=O)NC23CCC(NC(=O)COc4ccc5c(c4)OC(F)(F)O5)(CC2)[C@@H](C)C3)c1F. The number of aromatic nitrogens is 2. The van der Waals surface area contributed by atoms with E-state index in [2.05, 4.69) is 25.2 Å². The van der Waals surface area contributed by atoms with Crippen LogP contribution in [0.15, 0.2) is 18.2 Å². The lowest BCUT2D eigenvalue weighted by atomic mass is 9.56. The molecule has 2 aromatic rings. The topological polar surface area (TPSA) is 104 Å². The van der Waals surface area contributed by atoms with Crippen LogP contribution >= 0.6 is 0 Å². The first-order chi connectivity index (χ1) is 16.9. The molecule has 2 amide bonds. The normalized spacial score (nSPS) is 27.6. The summed E-state index contributed by atoms with van der Waals surface area (Å²) in [7, 11) is 1.54. The summed E-state index contributed by atoms with van der Waals surface area (Å²) in [6.07, 6.45) is -0.527. The van der Waals surface area contributed by atoms with Gasteiger partial charge in [0.2, 0.25) is 0 Å². The van der Waals surface area contributed by atoms with E-state index in [-0.39, 0.29) is 47.1 Å². The van der Waals surface area contributed by atoms with Crippen LogP contribution in [0.2, 0.25) is 0 Å². The molecule has 2 N–H and O–H groups in total. The predicted octanol–water partition coefficient (Wildman–Crippen LogP) is 3.21. The van der Waals surface area contributed by atoms with Gasteiger partial charge < -0.3 is 24.8 Å². The van der Waals surface area contributed by atoms with Crippen LogP contribution in [-0.2, 0) is 11.8 Å². The van der Waals surface area contributed by atoms with Crippen LogP contribution in [0.3, 0.4) is 0 Å². The quantitative estimate of drug-likeness (QED) is 0.621. The van der Waals surface area contributed by atoms with Gasteiger partial charge in [-0.25, -0.2) is 4.39 Å². The fraction of sp³-hybridized carbons (Fsp3) is 0.542. The molecule has 0 unspecified atom stereocenters. The summed E-state index contributed by atoms with van der Waals surface area (Å²) >= 11 is 0. The van der Waals surface area contributed by atoms with Crippen molar-refractivity contribution in [2.75, 3.05) is 6.61 Å². The molecule has 3 saturated carbocycles. The van der Waals surface area contributed by atoms with Gasteiger partial charge in [0.15, 0.2) is 29.6 Å². The number of fused-ring (bicyclic) bond motifs is 4. The molecular weight excluding hydrogens is 481 g/mol. The summed E-state index contributed by atoms with van der Waals surface area (Å²) in [6, 6.07) is 3.96. The van der Waals surface area contributed by atoms with E-state index in [1.54, 1.807) is 0 Å². The van der Waals surface area contributed by atoms with Gasteiger partial charge in [-0.3, -0.25) is 14.3 Å². The fourth-order valence-electron chi connectivity index (χ4n) is 5.74. The molecule has 194 valence electrons. The first-order valence-electron chi connectivity index (χ1n) is 11.8. The highest BCUT2D eigenvalue weighted by molar-refractivity contribution is 5.93. The highest BCUT2D eigenvalue weighted by Crippen LogP contribution is 2.50. The Morgan fingerprint density at radius 3 is 2.50 bits per heavy atom. The van der Waals surface area contributed by atoms with Gasteiger partial charge in [0, 0.05) is 24.2 Å². The standard InChI is InChI=1S/C24H27F3N4O5/c1-13-11-22(29-21(33)20-19(25)14(2)30-31(20)3)6-8-23(13,9-7-22)28-18(32)12-34-15-4-5-16-17(10-15)36-24(26,27)35-16/h4-5,10,13H,6-9,11-12H2,1-3H3,(H,28,32)(H,29,33)/t13-,22?,23?/m0/s1. The Labute approximate surface area is 205 Å². The van der Waals surface area contributed by atoms with Crippen LogP contribution in [0.25, 0.3) is 0 Å². The van der Waals surface area contributed by atoms with E-state index in [1.807, 2.05) is 6.92 Å². The lowest BCUT2D eigenvalue weighted by molar-refractivity contribution is -0.286. The number of nitrogens with one attached hydrogen (secondary N) is 2. The van der Waals surface area contributed by atoms with Crippen LogP contribution in [0.5, 0.6) is 17.2 Å². The number of benzene rings is 1. The van der Waals surface area contributed by atoms with Gasteiger partial charge in [0.05, 0.1) is 5.69 Å². The Balaban J connectivity index is 1.18. The van der Waals surface area contributed by atoms with E-state index in [9.17, 15) is 22.8 Å². The van der Waals surface area contributed by atoms with Gasteiger partial charge >= 0.3 is 6.29 Å². The molecular formula is C24H27F3N4O5. The van der Waals surface area contributed by atoms with Gasteiger partial charge in [0.25, 0.3) is 11.8 Å². The van der Waals surface area contributed by atoms with Crippen LogP contribution in [0.1, 0.15) is 55.2 Å². The lowest BCUT2D eigenvalue weighted by Crippen LogP contribution is -2.67.